The van der Waals surface area contributed by atoms with Crippen LogP contribution in [0.1, 0.15) is 17.9 Å². The Bertz CT molecular complexity index is 224. The summed E-state index contributed by atoms with van der Waals surface area (Å²) < 4.78 is 0. The third-order valence-electron chi connectivity index (χ3n) is 2.41. The average molecular weight is 160 g/mol. The molecule has 63 valence electrons. The van der Waals surface area contributed by atoms with Crippen LogP contribution in [-0.4, -0.2) is 13.1 Å². The lowest BCUT2D eigenvalue weighted by Gasteiger charge is -2.22. The van der Waals surface area contributed by atoms with Crippen molar-refractivity contribution in [2.45, 2.75) is 12.3 Å². The van der Waals surface area contributed by atoms with Gasteiger partial charge in [-0.25, -0.2) is 0 Å². The van der Waals surface area contributed by atoms with E-state index < -0.39 is 0 Å². The summed E-state index contributed by atoms with van der Waals surface area (Å²) in [7, 11) is 0. The Morgan fingerprint density at radius 2 is 2.00 bits per heavy atom. The van der Waals surface area contributed by atoms with Gasteiger partial charge in [0.1, 0.15) is 0 Å². The fraction of sp³-hybridized carbons (Fsp3) is 0.364. The van der Waals surface area contributed by atoms with Gasteiger partial charge in [-0.2, -0.15) is 0 Å². The quantitative estimate of drug-likeness (QED) is 0.662. The molecule has 1 aliphatic rings. The summed E-state index contributed by atoms with van der Waals surface area (Å²) in [4.78, 5) is 0. The molecule has 1 radical (unpaired) electrons. The molecule has 1 aliphatic heterocycles. The van der Waals surface area contributed by atoms with Gasteiger partial charge < -0.3 is 5.32 Å². The highest BCUT2D eigenvalue weighted by atomic mass is 14.9. The van der Waals surface area contributed by atoms with Crippen LogP contribution in [0.4, 0.5) is 0 Å². The maximum Gasteiger partial charge on any atom is -0.00113 e. The molecule has 0 aliphatic carbocycles. The Kier molecular flexibility index (Phi) is 2.42. The summed E-state index contributed by atoms with van der Waals surface area (Å²) in [6.07, 6.45) is 3.60. The molecule has 0 bridgehead atoms. The molecule has 12 heavy (non-hydrogen) atoms. The standard InChI is InChI=1S/C11H14N/c1-2-4-10(5-3-1)11-6-8-12-9-7-11/h1-6,11-12H,7-9H2. The fourth-order valence-corrected chi connectivity index (χ4v) is 1.71. The molecule has 1 heteroatoms. The number of benzene rings is 1. The molecular weight excluding hydrogens is 146 g/mol. The fourth-order valence-electron chi connectivity index (χ4n) is 1.71. The van der Waals surface area contributed by atoms with Crippen molar-refractivity contribution < 1.29 is 0 Å². The molecule has 1 fully saturated rings. The summed E-state index contributed by atoms with van der Waals surface area (Å²) in [5.41, 5.74) is 1.46. The van der Waals surface area contributed by atoms with E-state index in [9.17, 15) is 0 Å². The highest BCUT2D eigenvalue weighted by Gasteiger charge is 2.14. The topological polar surface area (TPSA) is 12.0 Å². The van der Waals surface area contributed by atoms with Crippen LogP contribution in [0.15, 0.2) is 30.3 Å². The number of rotatable bonds is 1. The number of nitrogens with one attached hydrogen (secondary N) is 1. The summed E-state index contributed by atoms with van der Waals surface area (Å²) in [6.45, 7) is 2.20. The van der Waals surface area contributed by atoms with Gasteiger partial charge in [-0.1, -0.05) is 30.3 Å². The van der Waals surface area contributed by atoms with E-state index in [0.29, 0.717) is 5.92 Å². The Labute approximate surface area is 73.8 Å². The van der Waals surface area contributed by atoms with Gasteiger partial charge in [0.05, 0.1) is 0 Å². The van der Waals surface area contributed by atoms with Crippen LogP contribution >= 0.6 is 0 Å². The first-order valence-electron chi connectivity index (χ1n) is 4.56. The van der Waals surface area contributed by atoms with Gasteiger partial charge >= 0.3 is 0 Å². The van der Waals surface area contributed by atoms with E-state index in [1.54, 1.807) is 0 Å². The minimum absolute atomic E-state index is 0.674. The third kappa shape index (κ3) is 1.67. The van der Waals surface area contributed by atoms with Gasteiger partial charge in [0, 0.05) is 0 Å². The highest BCUT2D eigenvalue weighted by Crippen LogP contribution is 2.23. The Hall–Kier alpha value is -0.820. The molecule has 1 unspecified atom stereocenters. The van der Waals surface area contributed by atoms with Crippen molar-refractivity contribution in [1.82, 2.24) is 5.32 Å². The van der Waals surface area contributed by atoms with Gasteiger partial charge in [0.2, 0.25) is 0 Å². The summed E-state index contributed by atoms with van der Waals surface area (Å²) in [6, 6.07) is 10.7. The van der Waals surface area contributed by atoms with Crippen LogP contribution < -0.4 is 5.32 Å². The Balaban J connectivity index is 2.08. The molecule has 1 aromatic carbocycles. The van der Waals surface area contributed by atoms with Crippen LogP contribution in [0.3, 0.4) is 0 Å². The molecule has 1 aromatic rings. The van der Waals surface area contributed by atoms with E-state index in [1.165, 1.54) is 12.0 Å². The lowest BCUT2D eigenvalue weighted by atomic mass is 9.90. The average Bonchev–Trinajstić information content (AvgIpc) is 2.21. The van der Waals surface area contributed by atoms with Crippen molar-refractivity contribution in [1.29, 1.82) is 0 Å². The first kappa shape index (κ1) is 7.81. The third-order valence-corrected chi connectivity index (χ3v) is 2.41. The Morgan fingerprint density at radius 3 is 2.67 bits per heavy atom. The first-order valence-corrected chi connectivity index (χ1v) is 4.56. The summed E-state index contributed by atoms with van der Waals surface area (Å²) in [5.74, 6) is 0.674. The predicted octanol–water partition coefficient (Wildman–Crippen LogP) is 1.97. The largest absolute Gasteiger partial charge is 0.316 e. The monoisotopic (exact) mass is 160 g/mol. The van der Waals surface area contributed by atoms with E-state index in [2.05, 4.69) is 42.1 Å². The van der Waals surface area contributed by atoms with Crippen LogP contribution in [0.2, 0.25) is 0 Å². The van der Waals surface area contributed by atoms with Crippen molar-refractivity contribution in [3.63, 3.8) is 0 Å². The molecule has 0 spiro atoms. The van der Waals surface area contributed by atoms with Crippen LogP contribution in [-0.2, 0) is 0 Å². The lowest BCUT2D eigenvalue weighted by molar-refractivity contribution is 0.547. The van der Waals surface area contributed by atoms with E-state index in [-0.39, 0.29) is 0 Å². The molecule has 0 amide bonds. The highest BCUT2D eigenvalue weighted by molar-refractivity contribution is 5.23. The molecule has 1 atom stereocenters. The number of hydrogen-bond acceptors (Lipinski definition) is 1. The molecular formula is C11H14N. The van der Waals surface area contributed by atoms with E-state index in [1.807, 2.05) is 0 Å². The van der Waals surface area contributed by atoms with Gasteiger partial charge in [-0.05, 0) is 37.4 Å². The van der Waals surface area contributed by atoms with Crippen molar-refractivity contribution in [3.8, 4) is 0 Å². The second-order valence-electron chi connectivity index (χ2n) is 3.25. The molecule has 1 heterocycles. The minimum atomic E-state index is 0.674. The van der Waals surface area contributed by atoms with Crippen LogP contribution in [0.25, 0.3) is 0 Å². The summed E-state index contributed by atoms with van der Waals surface area (Å²) in [5, 5.41) is 3.33. The van der Waals surface area contributed by atoms with Gasteiger partial charge in [-0.15, -0.1) is 0 Å². The van der Waals surface area contributed by atoms with E-state index in [4.69, 9.17) is 0 Å². The van der Waals surface area contributed by atoms with E-state index in [0.717, 1.165) is 13.1 Å². The van der Waals surface area contributed by atoms with Gasteiger partial charge in [0.15, 0.2) is 0 Å². The molecule has 1 N–H and O–H groups in total. The normalized spacial score (nSPS) is 19.3. The zero-order chi connectivity index (χ0) is 8.23. The molecule has 0 saturated carbocycles. The number of hydrogen-bond donors (Lipinski definition) is 1. The molecule has 2 rings (SSSR count). The lowest BCUT2D eigenvalue weighted by Crippen LogP contribution is -2.27. The first-order chi connectivity index (χ1) is 5.97. The smallest absolute Gasteiger partial charge is 0.00113 e. The SMILES string of the molecule is [CH]1CNCCC1c1ccccc1. The van der Waals surface area contributed by atoms with Gasteiger partial charge in [0.25, 0.3) is 0 Å². The van der Waals surface area contributed by atoms with Crippen LogP contribution in [0, 0.1) is 6.42 Å². The Morgan fingerprint density at radius 1 is 1.17 bits per heavy atom. The molecule has 1 saturated heterocycles. The predicted molar refractivity (Wildman–Crippen MR) is 51.0 cm³/mol. The maximum atomic E-state index is 3.33. The second-order valence-corrected chi connectivity index (χ2v) is 3.25. The summed E-state index contributed by atoms with van der Waals surface area (Å²) >= 11 is 0. The van der Waals surface area contributed by atoms with Crippen molar-refractivity contribution in [2.24, 2.45) is 0 Å². The number of piperidine rings is 1. The van der Waals surface area contributed by atoms with Crippen molar-refractivity contribution >= 4 is 0 Å². The second kappa shape index (κ2) is 3.72. The zero-order valence-corrected chi connectivity index (χ0v) is 7.16. The maximum absolute atomic E-state index is 3.33. The molecule has 1 nitrogen and oxygen atoms in total. The zero-order valence-electron chi connectivity index (χ0n) is 7.16. The van der Waals surface area contributed by atoms with Crippen molar-refractivity contribution in [2.75, 3.05) is 13.1 Å². The van der Waals surface area contributed by atoms with Gasteiger partial charge in [-0.3, -0.25) is 0 Å². The molecule has 0 aromatic heterocycles. The minimum Gasteiger partial charge on any atom is -0.316 e. The van der Waals surface area contributed by atoms with Crippen LogP contribution in [0.5, 0.6) is 0 Å². The van der Waals surface area contributed by atoms with E-state index >= 15 is 0 Å². The van der Waals surface area contributed by atoms with Crippen molar-refractivity contribution in [3.05, 3.63) is 42.3 Å².